The monoisotopic (exact) mass is 759 g/mol. The molecule has 55 heavy (non-hydrogen) atoms. The van der Waals surface area contributed by atoms with Gasteiger partial charge in [-0.3, -0.25) is 14.4 Å². The SMILES string of the molecule is Cc1ccnc(NCCCC(=O)NCC(=O)NC(CC(=O)O)c2ccc(-c3ccc(OCCOCCOCCOCCOCCN)c4ccccc34)cc2)c1. The minimum absolute atomic E-state index is 0.226. The molecule has 14 nitrogen and oxygen atoms in total. The first-order valence-corrected chi connectivity index (χ1v) is 18.5. The van der Waals surface area contributed by atoms with Gasteiger partial charge in [0.15, 0.2) is 0 Å². The molecule has 1 atom stereocenters. The van der Waals surface area contributed by atoms with E-state index >= 15 is 0 Å². The zero-order valence-corrected chi connectivity index (χ0v) is 31.4. The second kappa shape index (κ2) is 24.3. The Morgan fingerprint density at radius 3 is 2.09 bits per heavy atom. The molecule has 0 radical (unpaired) electrons. The summed E-state index contributed by atoms with van der Waals surface area (Å²) < 4.78 is 27.9. The number of carboxylic acids is 1. The molecule has 0 aliphatic carbocycles. The topological polar surface area (TPSA) is 193 Å². The number of anilines is 1. The number of nitrogens with two attached hydrogens (primary N) is 1. The Bertz CT molecular complexity index is 1770. The number of rotatable bonds is 27. The number of nitrogens with zero attached hydrogens (tertiary/aromatic N) is 1. The fourth-order valence-corrected chi connectivity index (χ4v) is 5.64. The molecule has 1 aromatic heterocycles. The Hall–Kier alpha value is -5.12. The van der Waals surface area contributed by atoms with E-state index in [1.54, 1.807) is 6.20 Å². The number of hydrogen-bond donors (Lipinski definition) is 5. The molecule has 0 aliphatic rings. The molecule has 0 aliphatic heterocycles. The second-order valence-corrected chi connectivity index (χ2v) is 12.6. The molecule has 14 heteroatoms. The highest BCUT2D eigenvalue weighted by atomic mass is 16.6. The standard InChI is InChI=1S/C41H53N5O9/c1-30-14-17-44-38(27-30)43-16-4-7-39(47)45-29-40(48)46-36(28-41(49)50)32-10-8-31(9-11-32)33-12-13-37(35-6-3-2-5-34(33)35)55-26-25-54-24-23-53-22-21-52-20-19-51-18-15-42/h2-3,5-6,8-14,17,27,36H,4,7,15-16,18-26,28-29,42H2,1H3,(H,43,44)(H,45,47)(H,46,48)(H,49,50). The van der Waals surface area contributed by atoms with Crippen LogP contribution in [0.1, 0.15) is 36.4 Å². The predicted molar refractivity (Wildman–Crippen MR) is 210 cm³/mol. The van der Waals surface area contributed by atoms with Gasteiger partial charge in [-0.2, -0.15) is 0 Å². The van der Waals surface area contributed by atoms with Gasteiger partial charge in [-0.25, -0.2) is 4.98 Å². The van der Waals surface area contributed by atoms with Crippen LogP contribution in [0.3, 0.4) is 0 Å². The number of fused-ring (bicyclic) bond motifs is 1. The Balaban J connectivity index is 1.22. The number of carbonyl (C=O) groups excluding carboxylic acids is 2. The van der Waals surface area contributed by atoms with Gasteiger partial charge in [-0.05, 0) is 59.2 Å². The van der Waals surface area contributed by atoms with Gasteiger partial charge < -0.3 is 50.5 Å². The summed E-state index contributed by atoms with van der Waals surface area (Å²) in [6, 6.07) is 22.3. The molecule has 6 N–H and O–H groups in total. The van der Waals surface area contributed by atoms with Gasteiger partial charge in [0.05, 0.1) is 71.9 Å². The van der Waals surface area contributed by atoms with Crippen molar-refractivity contribution in [3.8, 4) is 16.9 Å². The van der Waals surface area contributed by atoms with E-state index in [4.69, 9.17) is 29.4 Å². The molecule has 0 fully saturated rings. The number of carboxylic acid groups (broad SMARTS) is 1. The van der Waals surface area contributed by atoms with Crippen LogP contribution in [0, 0.1) is 6.92 Å². The molecule has 4 rings (SSSR count). The second-order valence-electron chi connectivity index (χ2n) is 12.6. The fraction of sp³-hybridized carbons (Fsp3) is 0.415. The van der Waals surface area contributed by atoms with Crippen LogP contribution >= 0.6 is 0 Å². The zero-order valence-electron chi connectivity index (χ0n) is 31.4. The summed E-state index contributed by atoms with van der Waals surface area (Å²) in [7, 11) is 0. The van der Waals surface area contributed by atoms with E-state index in [0.29, 0.717) is 84.5 Å². The number of aryl methyl sites for hydroxylation is 1. The predicted octanol–water partition coefficient (Wildman–Crippen LogP) is 4.25. The van der Waals surface area contributed by atoms with Crippen molar-refractivity contribution in [2.45, 2.75) is 32.2 Å². The highest BCUT2D eigenvalue weighted by molar-refractivity contribution is 6.00. The number of aliphatic carboxylic acids is 1. The molecule has 296 valence electrons. The van der Waals surface area contributed by atoms with Gasteiger partial charge in [0.1, 0.15) is 18.2 Å². The lowest BCUT2D eigenvalue weighted by Gasteiger charge is -2.19. The number of nitrogens with one attached hydrogen (secondary N) is 3. The third kappa shape index (κ3) is 15.6. The molecule has 0 spiro atoms. The van der Waals surface area contributed by atoms with E-state index in [1.165, 1.54) is 0 Å². The van der Waals surface area contributed by atoms with Gasteiger partial charge in [-0.15, -0.1) is 0 Å². The number of ether oxygens (including phenoxy) is 5. The van der Waals surface area contributed by atoms with E-state index in [2.05, 4.69) is 20.9 Å². The van der Waals surface area contributed by atoms with Crippen molar-refractivity contribution >= 4 is 34.4 Å². The Kier molecular flexibility index (Phi) is 18.8. The normalized spacial score (nSPS) is 11.6. The van der Waals surface area contributed by atoms with Crippen molar-refractivity contribution in [3.63, 3.8) is 0 Å². The Labute approximate surface area is 322 Å². The van der Waals surface area contributed by atoms with Gasteiger partial charge in [-0.1, -0.05) is 54.6 Å². The first-order valence-electron chi connectivity index (χ1n) is 18.5. The highest BCUT2D eigenvalue weighted by Gasteiger charge is 2.19. The summed E-state index contributed by atoms with van der Waals surface area (Å²) in [5, 5.41) is 20.1. The average Bonchev–Trinajstić information content (AvgIpc) is 3.18. The van der Waals surface area contributed by atoms with Crippen LogP contribution in [-0.4, -0.2) is 107 Å². The summed E-state index contributed by atoms with van der Waals surface area (Å²) >= 11 is 0. The van der Waals surface area contributed by atoms with Gasteiger partial charge >= 0.3 is 5.97 Å². The Morgan fingerprint density at radius 1 is 0.782 bits per heavy atom. The number of amides is 2. The average molecular weight is 760 g/mol. The molecule has 2 amide bonds. The van der Waals surface area contributed by atoms with Gasteiger partial charge in [0.25, 0.3) is 0 Å². The number of carbonyl (C=O) groups is 3. The zero-order chi connectivity index (χ0) is 39.1. The van der Waals surface area contributed by atoms with Crippen LogP contribution in [0.4, 0.5) is 5.82 Å². The molecule has 0 saturated heterocycles. The number of hydrogen-bond acceptors (Lipinski definition) is 11. The summed E-state index contributed by atoms with van der Waals surface area (Å²) in [6.07, 6.45) is 2.18. The van der Waals surface area contributed by atoms with Crippen molar-refractivity contribution in [2.75, 3.05) is 84.4 Å². The van der Waals surface area contributed by atoms with Crippen molar-refractivity contribution in [1.29, 1.82) is 0 Å². The van der Waals surface area contributed by atoms with E-state index in [-0.39, 0.29) is 25.3 Å². The van der Waals surface area contributed by atoms with E-state index < -0.39 is 17.9 Å². The molecular formula is C41H53N5O9. The lowest BCUT2D eigenvalue weighted by molar-refractivity contribution is -0.138. The Morgan fingerprint density at radius 2 is 1.44 bits per heavy atom. The van der Waals surface area contributed by atoms with Gasteiger partial charge in [0.2, 0.25) is 11.8 Å². The number of aromatic nitrogens is 1. The van der Waals surface area contributed by atoms with Gasteiger partial charge in [0, 0.05) is 31.1 Å². The maximum Gasteiger partial charge on any atom is 0.305 e. The molecule has 1 unspecified atom stereocenters. The first-order chi connectivity index (χ1) is 26.8. The summed E-state index contributed by atoms with van der Waals surface area (Å²) in [4.78, 5) is 41.1. The quantitative estimate of drug-likeness (QED) is 0.0544. The van der Waals surface area contributed by atoms with Crippen molar-refractivity contribution in [2.24, 2.45) is 5.73 Å². The highest BCUT2D eigenvalue weighted by Crippen LogP contribution is 2.35. The smallest absolute Gasteiger partial charge is 0.305 e. The van der Waals surface area contributed by atoms with E-state index in [1.807, 2.05) is 79.7 Å². The molecule has 4 aromatic rings. The van der Waals surface area contributed by atoms with E-state index in [9.17, 15) is 19.5 Å². The third-order valence-corrected chi connectivity index (χ3v) is 8.33. The minimum atomic E-state index is -1.06. The van der Waals surface area contributed by atoms with Crippen LogP contribution in [0.5, 0.6) is 5.75 Å². The van der Waals surface area contributed by atoms with Crippen molar-refractivity contribution < 1.29 is 43.2 Å². The minimum Gasteiger partial charge on any atom is -0.491 e. The van der Waals surface area contributed by atoms with Crippen molar-refractivity contribution in [1.82, 2.24) is 15.6 Å². The maximum absolute atomic E-state index is 12.8. The van der Waals surface area contributed by atoms with Crippen LogP contribution in [0.25, 0.3) is 21.9 Å². The summed E-state index contributed by atoms with van der Waals surface area (Å²) in [5.74, 6) is -0.336. The van der Waals surface area contributed by atoms with Crippen LogP contribution in [0.2, 0.25) is 0 Å². The van der Waals surface area contributed by atoms with Crippen molar-refractivity contribution in [3.05, 3.63) is 90.1 Å². The molecule has 0 bridgehead atoms. The largest absolute Gasteiger partial charge is 0.491 e. The first kappa shape index (κ1) is 42.6. The number of pyridine rings is 1. The lowest BCUT2D eigenvalue weighted by Crippen LogP contribution is -2.39. The van der Waals surface area contributed by atoms with E-state index in [0.717, 1.165) is 39.0 Å². The molecule has 1 heterocycles. The summed E-state index contributed by atoms with van der Waals surface area (Å²) in [6.45, 7) is 6.96. The molecular weight excluding hydrogens is 706 g/mol. The maximum atomic E-state index is 12.8. The fourth-order valence-electron chi connectivity index (χ4n) is 5.64. The van der Waals surface area contributed by atoms with Crippen LogP contribution in [0.15, 0.2) is 79.0 Å². The summed E-state index contributed by atoms with van der Waals surface area (Å²) in [5.41, 5.74) is 8.98. The van der Waals surface area contributed by atoms with Crippen LogP contribution < -0.4 is 26.4 Å². The van der Waals surface area contributed by atoms with Crippen LogP contribution in [-0.2, 0) is 33.3 Å². The lowest BCUT2D eigenvalue weighted by atomic mass is 9.95. The molecule has 3 aromatic carbocycles. The third-order valence-electron chi connectivity index (χ3n) is 8.33. The molecule has 0 saturated carbocycles. The number of benzene rings is 3.